The molecule has 0 radical (unpaired) electrons. The van der Waals surface area contributed by atoms with Crippen LogP contribution in [0.2, 0.25) is 0 Å². The van der Waals surface area contributed by atoms with E-state index in [1.165, 1.54) is 11.3 Å². The summed E-state index contributed by atoms with van der Waals surface area (Å²) >= 11 is 1.32. The molecule has 3 aromatic rings. The van der Waals surface area contributed by atoms with Gasteiger partial charge in [0.05, 0.1) is 10.8 Å². The average Bonchev–Trinajstić information content (AvgIpc) is 3.26. The van der Waals surface area contributed by atoms with E-state index < -0.39 is 29.4 Å². The van der Waals surface area contributed by atoms with Gasteiger partial charge in [0.25, 0.3) is 0 Å². The molecule has 0 saturated heterocycles. The number of hydrogen-bond donors (Lipinski definition) is 3. The molecule has 2 aromatic heterocycles. The number of hydrogen-bond acceptors (Lipinski definition) is 7. The average molecular weight is 507 g/mol. The topological polar surface area (TPSA) is 108 Å². The number of aromatic nitrogens is 3. The van der Waals surface area contributed by atoms with Gasteiger partial charge < -0.3 is 15.5 Å². The van der Waals surface area contributed by atoms with E-state index in [-0.39, 0.29) is 17.8 Å². The number of benzene rings is 1. The van der Waals surface area contributed by atoms with Crippen LogP contribution in [0.3, 0.4) is 0 Å². The first-order chi connectivity index (χ1) is 16.4. The van der Waals surface area contributed by atoms with Crippen LogP contribution in [-0.2, 0) is 16.6 Å². The minimum absolute atomic E-state index is 0.173. The Labute approximate surface area is 204 Å². The number of thiazole rings is 1. The Balaban J connectivity index is 1.60. The smallest absolute Gasteiger partial charge is 0.433 e. The summed E-state index contributed by atoms with van der Waals surface area (Å²) in [5.74, 6) is -2.02. The Bertz CT molecular complexity index is 1250. The van der Waals surface area contributed by atoms with Gasteiger partial charge in [-0.05, 0) is 60.9 Å². The third-order valence-corrected chi connectivity index (χ3v) is 7.71. The van der Waals surface area contributed by atoms with Crippen molar-refractivity contribution < 1.29 is 28.2 Å². The van der Waals surface area contributed by atoms with Gasteiger partial charge in [-0.2, -0.15) is 13.2 Å². The first-order valence-electron chi connectivity index (χ1n) is 11.1. The molecule has 1 aliphatic rings. The molecule has 35 heavy (non-hydrogen) atoms. The number of aliphatic carboxylic acids is 1. The number of carboxylic acids is 1. The maximum atomic E-state index is 13.0. The zero-order valence-corrected chi connectivity index (χ0v) is 20.1. The molecule has 3 N–H and O–H groups in total. The van der Waals surface area contributed by atoms with E-state index >= 15 is 0 Å². The first-order valence-corrected chi connectivity index (χ1v) is 11.9. The van der Waals surface area contributed by atoms with Gasteiger partial charge in [-0.1, -0.05) is 19.9 Å². The van der Waals surface area contributed by atoms with Crippen LogP contribution in [0.25, 0.3) is 10.4 Å². The summed E-state index contributed by atoms with van der Waals surface area (Å²) in [5.41, 5.74) is -0.132. The monoisotopic (exact) mass is 506 g/mol. The van der Waals surface area contributed by atoms with Crippen molar-refractivity contribution in [3.05, 3.63) is 52.9 Å². The molecule has 2 heterocycles. The molecule has 1 aliphatic carbocycles. The zero-order chi connectivity index (χ0) is 25.5. The predicted molar refractivity (Wildman–Crippen MR) is 125 cm³/mol. The molecule has 4 atom stereocenters. The van der Waals surface area contributed by atoms with E-state index in [0.29, 0.717) is 23.5 Å². The van der Waals surface area contributed by atoms with Crippen molar-refractivity contribution in [1.82, 2.24) is 15.0 Å². The second kappa shape index (κ2) is 9.19. The largest absolute Gasteiger partial charge is 0.481 e. The van der Waals surface area contributed by atoms with Crippen molar-refractivity contribution >= 4 is 28.9 Å². The number of aliphatic hydroxyl groups is 1. The van der Waals surface area contributed by atoms with Crippen LogP contribution in [0, 0.1) is 24.7 Å². The maximum absolute atomic E-state index is 13.0. The van der Waals surface area contributed by atoms with Crippen molar-refractivity contribution in [2.45, 2.75) is 45.4 Å². The quantitative estimate of drug-likeness (QED) is 0.412. The van der Waals surface area contributed by atoms with Gasteiger partial charge in [-0.25, -0.2) is 15.0 Å². The Morgan fingerprint density at radius 1 is 1.23 bits per heavy atom. The van der Waals surface area contributed by atoms with Gasteiger partial charge in [0.2, 0.25) is 5.95 Å². The molecule has 1 saturated carbocycles. The number of alkyl halides is 3. The molecular formula is C24H25F3N4O3S. The lowest BCUT2D eigenvalue weighted by Crippen LogP contribution is -2.44. The van der Waals surface area contributed by atoms with E-state index in [1.54, 1.807) is 18.3 Å². The number of halogens is 3. The molecule has 0 amide bonds. The third kappa shape index (κ3) is 5.15. The molecule has 7 nitrogen and oxygen atoms in total. The van der Waals surface area contributed by atoms with E-state index in [0.717, 1.165) is 28.3 Å². The zero-order valence-electron chi connectivity index (χ0n) is 19.3. The fourth-order valence-electron chi connectivity index (χ4n) is 4.60. The standard InChI is InChI=1S/C24H25F3N4O3S/c1-12-6-15(9-16(7-12)30-22-28-5-4-19(31-22)24(25,26)27)18-11-29-21(35-18)23(34)10-13(2)17(20(32)33)8-14(23)3/h4-7,9,11,13-14,17,34H,8,10H2,1-3H3,(H,32,33)(H,28,30,31)/t13?,14?,17-,23?/m0/s1. The first kappa shape index (κ1) is 25.1. The highest BCUT2D eigenvalue weighted by Crippen LogP contribution is 2.48. The summed E-state index contributed by atoms with van der Waals surface area (Å²) in [7, 11) is 0. The number of nitrogens with zero attached hydrogens (tertiary/aromatic N) is 3. The minimum atomic E-state index is -4.57. The van der Waals surface area contributed by atoms with Crippen LogP contribution in [0.15, 0.2) is 36.7 Å². The predicted octanol–water partition coefficient (Wildman–Crippen LogP) is 5.63. The molecule has 186 valence electrons. The number of anilines is 2. The van der Waals surface area contributed by atoms with Crippen molar-refractivity contribution in [3.8, 4) is 10.4 Å². The van der Waals surface area contributed by atoms with Crippen molar-refractivity contribution in [2.75, 3.05) is 5.32 Å². The highest BCUT2D eigenvalue weighted by molar-refractivity contribution is 7.15. The lowest BCUT2D eigenvalue weighted by atomic mass is 9.67. The van der Waals surface area contributed by atoms with Gasteiger partial charge in [0, 0.05) is 18.1 Å². The van der Waals surface area contributed by atoms with Gasteiger partial charge in [-0.3, -0.25) is 4.79 Å². The second-order valence-electron chi connectivity index (χ2n) is 9.19. The number of aryl methyl sites for hydroxylation is 1. The van der Waals surface area contributed by atoms with Crippen LogP contribution in [0.4, 0.5) is 24.8 Å². The van der Waals surface area contributed by atoms with Crippen molar-refractivity contribution in [2.24, 2.45) is 17.8 Å². The number of rotatable bonds is 5. The lowest BCUT2D eigenvalue weighted by molar-refractivity contribution is -0.152. The van der Waals surface area contributed by atoms with Crippen molar-refractivity contribution in [3.63, 3.8) is 0 Å². The van der Waals surface area contributed by atoms with E-state index in [1.807, 2.05) is 26.8 Å². The van der Waals surface area contributed by atoms with E-state index in [4.69, 9.17) is 0 Å². The fraction of sp³-hybridized carbons (Fsp3) is 0.417. The molecule has 0 spiro atoms. The Morgan fingerprint density at radius 3 is 2.66 bits per heavy atom. The van der Waals surface area contributed by atoms with Crippen LogP contribution in [0.1, 0.15) is 43.0 Å². The van der Waals surface area contributed by atoms with Crippen LogP contribution in [0.5, 0.6) is 0 Å². The highest BCUT2D eigenvalue weighted by Gasteiger charge is 2.48. The number of carbonyl (C=O) groups is 1. The summed E-state index contributed by atoms with van der Waals surface area (Å²) in [6.45, 7) is 5.53. The van der Waals surface area contributed by atoms with E-state index in [2.05, 4.69) is 20.3 Å². The van der Waals surface area contributed by atoms with E-state index in [9.17, 15) is 28.2 Å². The molecule has 1 fully saturated rings. The number of carboxylic acid groups (broad SMARTS) is 1. The maximum Gasteiger partial charge on any atom is 0.433 e. The molecule has 4 rings (SSSR count). The van der Waals surface area contributed by atoms with Crippen molar-refractivity contribution in [1.29, 1.82) is 0 Å². The molecule has 1 aromatic carbocycles. The summed E-state index contributed by atoms with van der Waals surface area (Å²) in [6, 6.07) is 6.24. The van der Waals surface area contributed by atoms with Gasteiger partial charge in [0.15, 0.2) is 0 Å². The molecule has 0 bridgehead atoms. The fourth-order valence-corrected chi connectivity index (χ4v) is 5.71. The molecule has 11 heteroatoms. The Morgan fingerprint density at radius 2 is 1.97 bits per heavy atom. The minimum Gasteiger partial charge on any atom is -0.481 e. The lowest BCUT2D eigenvalue weighted by Gasteiger charge is -2.42. The van der Waals surface area contributed by atoms with Gasteiger partial charge in [0.1, 0.15) is 16.3 Å². The normalized spacial score (nSPS) is 24.8. The van der Waals surface area contributed by atoms with Crippen LogP contribution >= 0.6 is 11.3 Å². The third-order valence-electron chi connectivity index (χ3n) is 6.50. The molecule has 0 aliphatic heterocycles. The van der Waals surface area contributed by atoms with Crippen LogP contribution < -0.4 is 5.32 Å². The highest BCUT2D eigenvalue weighted by atomic mass is 32.1. The Hall–Kier alpha value is -3.05. The molecule has 3 unspecified atom stereocenters. The SMILES string of the molecule is Cc1cc(Nc2nccc(C(F)(F)F)n2)cc(-c2cnc(C3(O)CC(C)[C@@H](C(=O)O)CC3C)s2)c1. The van der Waals surface area contributed by atoms with Gasteiger partial charge in [-0.15, -0.1) is 11.3 Å². The van der Waals surface area contributed by atoms with Gasteiger partial charge >= 0.3 is 12.1 Å². The summed E-state index contributed by atoms with van der Waals surface area (Å²) < 4.78 is 38.9. The second-order valence-corrected chi connectivity index (χ2v) is 10.2. The molecular weight excluding hydrogens is 481 g/mol. The Kier molecular flexibility index (Phi) is 6.58. The summed E-state index contributed by atoms with van der Waals surface area (Å²) in [6.07, 6.45) is -1.22. The number of nitrogens with one attached hydrogen (secondary N) is 1. The summed E-state index contributed by atoms with van der Waals surface area (Å²) in [4.78, 5) is 24.2. The van der Waals surface area contributed by atoms with Crippen LogP contribution in [-0.4, -0.2) is 31.1 Å². The summed E-state index contributed by atoms with van der Waals surface area (Å²) in [5, 5.41) is 24.3.